The van der Waals surface area contributed by atoms with Crippen LogP contribution in [0.15, 0.2) is 12.4 Å². The molecule has 2 aliphatic heterocycles. The van der Waals surface area contributed by atoms with Gasteiger partial charge in [0.25, 0.3) is 0 Å². The standard InChI is InChI=1S/C16H25N5O3.C2HF3O2/c1-20(2)14-4-15(19-10-18-14)21-6-12-11(8-24-13(12)7-21)5-17-16(22)9-23-3;3-2(4,5)1(6)7/h4,10-13H,5-9H2,1-3H3,(H,17,22);(H,6,7)/t11-,12+,13+;/m0./s1. The number of fused-ring (bicyclic) bond motifs is 1. The number of carboxylic acid groups (broad SMARTS) is 1. The summed E-state index contributed by atoms with van der Waals surface area (Å²) in [7, 11) is 5.45. The maximum absolute atomic E-state index is 11.6. The summed E-state index contributed by atoms with van der Waals surface area (Å²) in [5, 5.41) is 10.0. The monoisotopic (exact) mass is 449 g/mol. The number of aromatic nitrogens is 2. The molecule has 0 bridgehead atoms. The molecule has 2 aliphatic rings. The number of halogens is 3. The molecule has 1 aromatic rings. The van der Waals surface area contributed by atoms with Gasteiger partial charge in [-0.2, -0.15) is 13.2 Å². The normalized spacial score (nSPS) is 22.4. The lowest BCUT2D eigenvalue weighted by Gasteiger charge is -2.22. The summed E-state index contributed by atoms with van der Waals surface area (Å²) < 4.78 is 42.5. The Balaban J connectivity index is 0.000000423. The van der Waals surface area contributed by atoms with Crippen molar-refractivity contribution in [2.75, 3.05) is 63.9 Å². The molecule has 2 saturated heterocycles. The van der Waals surface area contributed by atoms with Gasteiger partial charge in [0.15, 0.2) is 0 Å². The first kappa shape index (κ1) is 24.6. The Hall–Kier alpha value is -2.67. The Labute approximate surface area is 177 Å². The summed E-state index contributed by atoms with van der Waals surface area (Å²) in [5.74, 6) is -0.286. The number of anilines is 2. The van der Waals surface area contributed by atoms with E-state index in [0.717, 1.165) is 24.7 Å². The zero-order valence-electron chi connectivity index (χ0n) is 17.4. The fourth-order valence-electron chi connectivity index (χ4n) is 3.38. The Bertz CT molecular complexity index is 764. The van der Waals surface area contributed by atoms with Crippen LogP contribution < -0.4 is 15.1 Å². The van der Waals surface area contributed by atoms with Crippen LogP contribution in [-0.4, -0.2) is 93.3 Å². The van der Waals surface area contributed by atoms with E-state index < -0.39 is 12.1 Å². The minimum Gasteiger partial charge on any atom is -0.475 e. The molecule has 3 rings (SSSR count). The smallest absolute Gasteiger partial charge is 0.475 e. The van der Waals surface area contributed by atoms with E-state index in [-0.39, 0.29) is 18.6 Å². The van der Waals surface area contributed by atoms with Crippen LogP contribution >= 0.6 is 0 Å². The first-order valence-corrected chi connectivity index (χ1v) is 9.44. The molecule has 10 nitrogen and oxygen atoms in total. The fraction of sp³-hybridized carbons (Fsp3) is 0.667. The lowest BCUT2D eigenvalue weighted by atomic mass is 9.93. The maximum Gasteiger partial charge on any atom is 0.490 e. The highest BCUT2D eigenvalue weighted by atomic mass is 19.4. The van der Waals surface area contributed by atoms with Crippen LogP contribution in [0.25, 0.3) is 0 Å². The van der Waals surface area contributed by atoms with Crippen LogP contribution in [0.4, 0.5) is 24.8 Å². The maximum atomic E-state index is 11.6. The van der Waals surface area contributed by atoms with E-state index >= 15 is 0 Å². The molecule has 2 N–H and O–H groups in total. The van der Waals surface area contributed by atoms with Gasteiger partial charge in [-0.1, -0.05) is 0 Å². The molecule has 174 valence electrons. The average molecular weight is 449 g/mol. The number of aliphatic carboxylic acids is 1. The number of carbonyl (C=O) groups is 2. The number of carboxylic acids is 1. The van der Waals surface area contributed by atoms with Gasteiger partial charge in [0.1, 0.15) is 24.6 Å². The summed E-state index contributed by atoms with van der Waals surface area (Å²) in [6.45, 7) is 3.14. The molecule has 2 fully saturated rings. The quantitative estimate of drug-likeness (QED) is 0.636. The van der Waals surface area contributed by atoms with E-state index in [0.29, 0.717) is 25.0 Å². The largest absolute Gasteiger partial charge is 0.490 e. The minimum atomic E-state index is -5.08. The molecule has 0 saturated carbocycles. The molecule has 0 aromatic carbocycles. The highest BCUT2D eigenvalue weighted by Gasteiger charge is 2.44. The van der Waals surface area contributed by atoms with E-state index in [4.69, 9.17) is 19.4 Å². The molecule has 0 aliphatic carbocycles. The molecule has 3 atom stereocenters. The number of rotatable bonds is 6. The highest BCUT2D eigenvalue weighted by molar-refractivity contribution is 5.77. The third-order valence-electron chi connectivity index (χ3n) is 4.94. The molecular formula is C18H26F3N5O5. The zero-order chi connectivity index (χ0) is 23.2. The number of nitrogens with zero attached hydrogens (tertiary/aromatic N) is 4. The van der Waals surface area contributed by atoms with Crippen molar-refractivity contribution in [3.63, 3.8) is 0 Å². The van der Waals surface area contributed by atoms with Crippen molar-refractivity contribution in [2.24, 2.45) is 11.8 Å². The first-order valence-electron chi connectivity index (χ1n) is 9.44. The molecule has 3 heterocycles. The van der Waals surface area contributed by atoms with Crippen molar-refractivity contribution in [1.82, 2.24) is 15.3 Å². The number of hydrogen-bond acceptors (Lipinski definition) is 8. The summed E-state index contributed by atoms with van der Waals surface area (Å²) >= 11 is 0. The second-order valence-corrected chi connectivity index (χ2v) is 7.37. The lowest BCUT2D eigenvalue weighted by Crippen LogP contribution is -2.36. The van der Waals surface area contributed by atoms with E-state index in [9.17, 15) is 18.0 Å². The predicted molar refractivity (Wildman–Crippen MR) is 104 cm³/mol. The van der Waals surface area contributed by atoms with Crippen LogP contribution in [0, 0.1) is 11.8 Å². The number of methoxy groups -OCH3 is 1. The third kappa shape index (κ3) is 6.92. The first-order chi connectivity index (χ1) is 14.5. The van der Waals surface area contributed by atoms with Gasteiger partial charge in [-0.15, -0.1) is 0 Å². The second-order valence-electron chi connectivity index (χ2n) is 7.37. The number of alkyl halides is 3. The second kappa shape index (κ2) is 10.6. The summed E-state index contributed by atoms with van der Waals surface area (Å²) in [6.07, 6.45) is -3.28. The minimum absolute atomic E-state index is 0.0813. The van der Waals surface area contributed by atoms with Crippen LogP contribution in [-0.2, 0) is 19.1 Å². The Morgan fingerprint density at radius 1 is 1.35 bits per heavy atom. The third-order valence-corrected chi connectivity index (χ3v) is 4.94. The Morgan fingerprint density at radius 3 is 2.61 bits per heavy atom. The van der Waals surface area contributed by atoms with Crippen LogP contribution in [0.3, 0.4) is 0 Å². The van der Waals surface area contributed by atoms with E-state index in [1.165, 1.54) is 7.11 Å². The molecule has 0 spiro atoms. The van der Waals surface area contributed by atoms with Crippen molar-refractivity contribution < 1.29 is 37.3 Å². The number of ether oxygens (including phenoxy) is 2. The number of amides is 1. The van der Waals surface area contributed by atoms with Crippen LogP contribution in [0.2, 0.25) is 0 Å². The molecule has 1 aromatic heterocycles. The van der Waals surface area contributed by atoms with E-state index in [1.54, 1.807) is 6.33 Å². The van der Waals surface area contributed by atoms with Gasteiger partial charge in [0, 0.05) is 58.7 Å². The van der Waals surface area contributed by atoms with Gasteiger partial charge in [0.05, 0.1) is 12.7 Å². The number of nitrogens with one attached hydrogen (secondary N) is 1. The fourth-order valence-corrected chi connectivity index (χ4v) is 3.38. The van der Waals surface area contributed by atoms with Crippen LogP contribution in [0.5, 0.6) is 0 Å². The number of carbonyl (C=O) groups excluding carboxylic acids is 1. The molecule has 0 unspecified atom stereocenters. The molecule has 1 amide bonds. The molecular weight excluding hydrogens is 423 g/mol. The highest BCUT2D eigenvalue weighted by Crippen LogP contribution is 2.35. The van der Waals surface area contributed by atoms with Crippen molar-refractivity contribution in [1.29, 1.82) is 0 Å². The zero-order valence-corrected chi connectivity index (χ0v) is 17.4. The number of hydrogen-bond donors (Lipinski definition) is 2. The average Bonchev–Trinajstić information content (AvgIpc) is 3.27. The summed E-state index contributed by atoms with van der Waals surface area (Å²) in [5.41, 5.74) is 0. The van der Waals surface area contributed by atoms with Gasteiger partial charge in [-0.05, 0) is 0 Å². The van der Waals surface area contributed by atoms with E-state index in [1.807, 2.05) is 25.1 Å². The Morgan fingerprint density at radius 2 is 2.03 bits per heavy atom. The molecule has 13 heteroatoms. The molecule has 0 radical (unpaired) electrons. The SMILES string of the molecule is COCC(=O)NC[C@H]1CO[C@@H]2CN(c3cc(N(C)C)ncn3)C[C@H]12.O=C(O)C(F)(F)F. The van der Waals surface area contributed by atoms with Gasteiger partial charge < -0.3 is 29.7 Å². The van der Waals surface area contributed by atoms with Gasteiger partial charge in [-0.25, -0.2) is 14.8 Å². The van der Waals surface area contributed by atoms with Crippen molar-refractivity contribution in [3.05, 3.63) is 12.4 Å². The Kier molecular flexibility index (Phi) is 8.39. The van der Waals surface area contributed by atoms with Crippen molar-refractivity contribution in [3.8, 4) is 0 Å². The van der Waals surface area contributed by atoms with Crippen molar-refractivity contribution in [2.45, 2.75) is 12.3 Å². The van der Waals surface area contributed by atoms with Gasteiger partial charge in [0.2, 0.25) is 5.91 Å². The van der Waals surface area contributed by atoms with Crippen molar-refractivity contribution >= 4 is 23.5 Å². The summed E-state index contributed by atoms with van der Waals surface area (Å²) in [4.78, 5) is 33.3. The van der Waals surface area contributed by atoms with Gasteiger partial charge in [-0.3, -0.25) is 4.79 Å². The van der Waals surface area contributed by atoms with Gasteiger partial charge >= 0.3 is 12.1 Å². The lowest BCUT2D eigenvalue weighted by molar-refractivity contribution is -0.192. The topological polar surface area (TPSA) is 117 Å². The summed E-state index contributed by atoms with van der Waals surface area (Å²) in [6, 6.07) is 2.00. The molecule has 31 heavy (non-hydrogen) atoms. The van der Waals surface area contributed by atoms with E-state index in [2.05, 4.69) is 20.2 Å². The predicted octanol–water partition coefficient (Wildman–Crippen LogP) is 0.390. The van der Waals surface area contributed by atoms with Crippen LogP contribution in [0.1, 0.15) is 0 Å².